The fraction of sp³-hybridized carbons (Fsp3) is 0.931. The Morgan fingerprint density at radius 2 is 1.53 bits per heavy atom. The van der Waals surface area contributed by atoms with Crippen LogP contribution in [0.5, 0.6) is 0 Å². The molecule has 5 nitrogen and oxygen atoms in total. The molecule has 5 rings (SSSR count). The van der Waals surface area contributed by atoms with Gasteiger partial charge >= 0.3 is 0 Å². The maximum atomic E-state index is 11.9. The van der Waals surface area contributed by atoms with E-state index >= 15 is 0 Å². The largest absolute Gasteiger partial charge is 0.396 e. The van der Waals surface area contributed by atoms with E-state index in [-0.39, 0.29) is 46.2 Å². The third-order valence-corrected chi connectivity index (χ3v) is 13.0. The maximum absolute atomic E-state index is 11.9. The summed E-state index contributed by atoms with van der Waals surface area (Å²) in [5.41, 5.74) is 0.0162. The van der Waals surface area contributed by atoms with Gasteiger partial charge in [0, 0.05) is 17.4 Å². The van der Waals surface area contributed by atoms with Crippen molar-refractivity contribution in [2.24, 2.45) is 44.3 Å². The minimum Gasteiger partial charge on any atom is -0.396 e. The lowest BCUT2D eigenvalue weighted by atomic mass is 9.34. The standard InChI is InChI=1S/C29H48O5/c1-24(16-30)10-12-29(15-24)13-11-27(4)18(22(29)33)6-7-21-25(2)14-19(32)23(34)26(3,17-31)20(25)8-9-28(21,27)5/h6,19-23,30-34H,7-17H2,1-5H3/t19?,20-,21-,22+,23?,24-,25+,26+,27-,28-,29+/m1/s1. The highest BCUT2D eigenvalue weighted by atomic mass is 16.3. The first-order valence-electron chi connectivity index (χ1n) is 13.7. The Bertz CT molecular complexity index is 873. The summed E-state index contributed by atoms with van der Waals surface area (Å²) in [5, 5.41) is 54.1. The first-order valence-corrected chi connectivity index (χ1v) is 13.7. The summed E-state index contributed by atoms with van der Waals surface area (Å²) < 4.78 is 0. The van der Waals surface area contributed by atoms with Crippen LogP contribution in [0.25, 0.3) is 0 Å². The Hall–Kier alpha value is -0.460. The summed E-state index contributed by atoms with van der Waals surface area (Å²) in [5.74, 6) is 0.480. The highest BCUT2D eigenvalue weighted by Crippen LogP contribution is 2.74. The molecule has 5 aliphatic rings. The van der Waals surface area contributed by atoms with E-state index in [1.165, 1.54) is 5.57 Å². The molecule has 0 aromatic rings. The van der Waals surface area contributed by atoms with Crippen LogP contribution in [0.3, 0.4) is 0 Å². The van der Waals surface area contributed by atoms with Crippen LogP contribution in [0, 0.1) is 44.3 Å². The highest BCUT2D eigenvalue weighted by molar-refractivity contribution is 5.34. The predicted octanol–water partition coefficient (Wildman–Crippen LogP) is 3.81. The lowest BCUT2D eigenvalue weighted by molar-refractivity contribution is -0.243. The van der Waals surface area contributed by atoms with E-state index in [4.69, 9.17) is 0 Å². The van der Waals surface area contributed by atoms with Crippen LogP contribution in [0.15, 0.2) is 11.6 Å². The molecule has 194 valence electrons. The molecule has 4 saturated carbocycles. The first-order chi connectivity index (χ1) is 15.8. The molecule has 2 unspecified atom stereocenters. The molecule has 5 aliphatic carbocycles. The molecule has 0 bridgehead atoms. The van der Waals surface area contributed by atoms with E-state index in [2.05, 4.69) is 33.8 Å². The zero-order chi connectivity index (χ0) is 24.9. The van der Waals surface area contributed by atoms with Crippen LogP contribution >= 0.6 is 0 Å². The second-order valence-corrected chi connectivity index (χ2v) is 14.6. The van der Waals surface area contributed by atoms with Crippen molar-refractivity contribution in [1.29, 1.82) is 0 Å². The summed E-state index contributed by atoms with van der Waals surface area (Å²) in [4.78, 5) is 0. The third-order valence-electron chi connectivity index (χ3n) is 13.0. The van der Waals surface area contributed by atoms with Crippen molar-refractivity contribution in [3.63, 3.8) is 0 Å². The van der Waals surface area contributed by atoms with Gasteiger partial charge in [0.1, 0.15) is 0 Å². The topological polar surface area (TPSA) is 101 Å². The van der Waals surface area contributed by atoms with Gasteiger partial charge in [0.2, 0.25) is 0 Å². The summed E-state index contributed by atoms with van der Waals surface area (Å²) in [7, 11) is 0. The number of rotatable bonds is 2. The smallest absolute Gasteiger partial charge is 0.0877 e. The van der Waals surface area contributed by atoms with Crippen molar-refractivity contribution in [3.05, 3.63) is 11.6 Å². The van der Waals surface area contributed by atoms with Crippen LogP contribution in [0.2, 0.25) is 0 Å². The van der Waals surface area contributed by atoms with Gasteiger partial charge in [0.15, 0.2) is 0 Å². The van der Waals surface area contributed by atoms with Gasteiger partial charge in [-0.05, 0) is 96.9 Å². The number of allylic oxidation sites excluding steroid dienone is 1. The van der Waals surface area contributed by atoms with Gasteiger partial charge in [-0.2, -0.15) is 0 Å². The van der Waals surface area contributed by atoms with Crippen molar-refractivity contribution in [2.45, 2.75) is 111 Å². The second kappa shape index (κ2) is 7.54. The number of fused-ring (bicyclic) bond motifs is 5. The molecule has 0 aromatic heterocycles. The predicted molar refractivity (Wildman–Crippen MR) is 132 cm³/mol. The summed E-state index contributed by atoms with van der Waals surface area (Å²) >= 11 is 0. The molecule has 4 fully saturated rings. The molecule has 1 spiro atoms. The molecule has 0 aromatic carbocycles. The van der Waals surface area contributed by atoms with Crippen molar-refractivity contribution in [1.82, 2.24) is 0 Å². The Balaban J connectivity index is 1.54. The third kappa shape index (κ3) is 2.91. The van der Waals surface area contributed by atoms with E-state index in [1.54, 1.807) is 0 Å². The molecular formula is C29H48O5. The Morgan fingerprint density at radius 3 is 2.15 bits per heavy atom. The van der Waals surface area contributed by atoms with Crippen LogP contribution in [0.4, 0.5) is 0 Å². The van der Waals surface area contributed by atoms with Gasteiger partial charge < -0.3 is 25.5 Å². The number of hydrogen-bond acceptors (Lipinski definition) is 5. The second-order valence-electron chi connectivity index (χ2n) is 14.6. The summed E-state index contributed by atoms with van der Waals surface area (Å²) in [6.45, 7) is 11.3. The van der Waals surface area contributed by atoms with Crippen molar-refractivity contribution in [3.8, 4) is 0 Å². The minimum atomic E-state index is -0.898. The number of aliphatic hydroxyl groups excluding tert-OH is 5. The van der Waals surface area contributed by atoms with E-state index in [0.29, 0.717) is 12.3 Å². The molecule has 11 atom stereocenters. The van der Waals surface area contributed by atoms with Crippen molar-refractivity contribution >= 4 is 0 Å². The molecular weight excluding hydrogens is 428 g/mol. The van der Waals surface area contributed by atoms with E-state index < -0.39 is 23.7 Å². The molecule has 5 heteroatoms. The maximum Gasteiger partial charge on any atom is 0.0877 e. The van der Waals surface area contributed by atoms with Crippen molar-refractivity contribution in [2.75, 3.05) is 13.2 Å². The van der Waals surface area contributed by atoms with Crippen LogP contribution in [0.1, 0.15) is 92.4 Å². The normalized spacial score (nSPS) is 59.2. The van der Waals surface area contributed by atoms with Gasteiger partial charge in [-0.15, -0.1) is 0 Å². The van der Waals surface area contributed by atoms with Gasteiger partial charge in [-0.3, -0.25) is 0 Å². The molecule has 34 heavy (non-hydrogen) atoms. The van der Waals surface area contributed by atoms with Gasteiger partial charge in [0.25, 0.3) is 0 Å². The Morgan fingerprint density at radius 1 is 0.853 bits per heavy atom. The van der Waals surface area contributed by atoms with Gasteiger partial charge in [0.05, 0.1) is 24.9 Å². The SMILES string of the molecule is C[C@@]1(CO)CC[C@]2(CC[C@]3(C)C(=CC[C@@H]4[C@@]5(C)CC(O)C(O)[C@@](C)(CO)[C@@H]5CC[C@]43C)[C@@H]2O)C1. The van der Waals surface area contributed by atoms with Gasteiger partial charge in [-0.1, -0.05) is 40.7 Å². The zero-order valence-corrected chi connectivity index (χ0v) is 22.0. The van der Waals surface area contributed by atoms with E-state index in [9.17, 15) is 25.5 Å². The van der Waals surface area contributed by atoms with E-state index in [1.807, 2.05) is 6.92 Å². The molecule has 0 amide bonds. The fourth-order valence-electron chi connectivity index (χ4n) is 10.7. The quantitative estimate of drug-likeness (QED) is 0.390. The minimum absolute atomic E-state index is 0.0117. The average Bonchev–Trinajstić information content (AvgIpc) is 3.14. The van der Waals surface area contributed by atoms with E-state index in [0.717, 1.165) is 51.4 Å². The average molecular weight is 477 g/mol. The van der Waals surface area contributed by atoms with Crippen LogP contribution < -0.4 is 0 Å². The van der Waals surface area contributed by atoms with Crippen LogP contribution in [-0.2, 0) is 0 Å². The summed E-state index contributed by atoms with van der Waals surface area (Å²) in [6.07, 6.45) is 8.44. The van der Waals surface area contributed by atoms with Gasteiger partial charge in [-0.25, -0.2) is 0 Å². The molecule has 0 radical (unpaired) electrons. The first kappa shape index (κ1) is 25.2. The molecule has 0 saturated heterocycles. The summed E-state index contributed by atoms with van der Waals surface area (Å²) in [6, 6.07) is 0. The number of hydrogen-bond donors (Lipinski definition) is 5. The zero-order valence-electron chi connectivity index (χ0n) is 22.0. The Kier molecular flexibility index (Phi) is 5.59. The van der Waals surface area contributed by atoms with Crippen LogP contribution in [-0.4, -0.2) is 57.1 Å². The molecule has 5 N–H and O–H groups in total. The van der Waals surface area contributed by atoms with Crippen molar-refractivity contribution < 1.29 is 25.5 Å². The number of aliphatic hydroxyl groups is 5. The Labute approximate surface area is 205 Å². The molecule has 0 heterocycles. The highest BCUT2D eigenvalue weighted by Gasteiger charge is 2.69. The molecule has 0 aliphatic heterocycles. The lowest BCUT2D eigenvalue weighted by Gasteiger charge is -2.70. The monoisotopic (exact) mass is 476 g/mol. The fourth-order valence-corrected chi connectivity index (χ4v) is 10.7. The lowest BCUT2D eigenvalue weighted by Crippen LogP contribution is -2.68.